The summed E-state index contributed by atoms with van der Waals surface area (Å²) < 4.78 is 13.0. The van der Waals surface area contributed by atoms with Gasteiger partial charge in [-0.25, -0.2) is 19.7 Å². The molecule has 4 heterocycles. The van der Waals surface area contributed by atoms with Gasteiger partial charge in [-0.3, -0.25) is 4.68 Å². The van der Waals surface area contributed by atoms with E-state index in [-0.39, 0.29) is 12.0 Å². The van der Waals surface area contributed by atoms with Gasteiger partial charge in [0.25, 0.3) is 0 Å². The van der Waals surface area contributed by atoms with Crippen molar-refractivity contribution in [2.75, 3.05) is 20.2 Å². The predicted octanol–water partition coefficient (Wildman–Crippen LogP) is 5.01. The van der Waals surface area contributed by atoms with Crippen molar-refractivity contribution in [2.45, 2.75) is 52.1 Å². The summed E-state index contributed by atoms with van der Waals surface area (Å²) in [7, 11) is 3.56. The zero-order valence-corrected chi connectivity index (χ0v) is 21.7. The Morgan fingerprint density at radius 2 is 1.86 bits per heavy atom. The van der Waals surface area contributed by atoms with Crippen molar-refractivity contribution in [1.29, 1.82) is 0 Å². The van der Waals surface area contributed by atoms with E-state index in [1.165, 1.54) is 0 Å². The van der Waals surface area contributed by atoms with E-state index in [1.54, 1.807) is 22.9 Å². The first-order valence-electron chi connectivity index (χ1n) is 12.3. The van der Waals surface area contributed by atoms with Gasteiger partial charge in [-0.05, 0) is 58.7 Å². The first-order chi connectivity index (χ1) is 17.1. The lowest BCUT2D eigenvalue weighted by molar-refractivity contribution is 0.0204. The van der Waals surface area contributed by atoms with Gasteiger partial charge >= 0.3 is 6.09 Å². The van der Waals surface area contributed by atoms with Crippen molar-refractivity contribution in [3.05, 3.63) is 41.9 Å². The molecule has 9 heteroatoms. The number of rotatable bonds is 3. The first kappa shape index (κ1) is 24.0. The Kier molecular flexibility index (Phi) is 6.02. The maximum Gasteiger partial charge on any atom is 0.410 e. The number of pyridine rings is 1. The number of aromatic nitrogens is 5. The lowest BCUT2D eigenvalue weighted by atomic mass is 9.93. The highest BCUT2D eigenvalue weighted by Gasteiger charge is 2.28. The summed E-state index contributed by atoms with van der Waals surface area (Å²) in [6, 6.07) is 6.07. The first-order valence-corrected chi connectivity index (χ1v) is 12.3. The van der Waals surface area contributed by atoms with Crippen molar-refractivity contribution in [2.24, 2.45) is 7.05 Å². The molecule has 36 heavy (non-hydrogen) atoms. The lowest BCUT2D eigenvalue weighted by Crippen LogP contribution is -2.41. The fourth-order valence-corrected chi connectivity index (χ4v) is 4.84. The fraction of sp³-hybridized carbons (Fsp3) is 0.444. The van der Waals surface area contributed by atoms with Crippen molar-refractivity contribution in [1.82, 2.24) is 29.6 Å². The number of piperidine rings is 1. The van der Waals surface area contributed by atoms with E-state index in [9.17, 15) is 4.79 Å². The monoisotopic (exact) mass is 488 g/mol. The molecule has 1 aliphatic rings. The third-order valence-corrected chi connectivity index (χ3v) is 6.57. The predicted molar refractivity (Wildman–Crippen MR) is 138 cm³/mol. The molecule has 5 rings (SSSR count). The number of carbonyl (C=O) groups is 1. The summed E-state index contributed by atoms with van der Waals surface area (Å²) in [5.41, 5.74) is 4.75. The van der Waals surface area contributed by atoms with Gasteiger partial charge in [0.15, 0.2) is 5.82 Å². The van der Waals surface area contributed by atoms with Crippen LogP contribution in [0.1, 0.15) is 50.8 Å². The number of methoxy groups -OCH3 is 1. The fourth-order valence-electron chi connectivity index (χ4n) is 4.84. The highest BCUT2D eigenvalue weighted by molar-refractivity contribution is 5.91. The van der Waals surface area contributed by atoms with Crippen molar-refractivity contribution in [3.63, 3.8) is 0 Å². The Hall–Kier alpha value is -3.75. The molecule has 1 aliphatic heterocycles. The molecule has 0 saturated carbocycles. The van der Waals surface area contributed by atoms with Crippen LogP contribution in [0.4, 0.5) is 4.79 Å². The van der Waals surface area contributed by atoms with E-state index in [0.717, 1.165) is 57.3 Å². The Morgan fingerprint density at radius 3 is 2.56 bits per heavy atom. The Bertz CT molecular complexity index is 1450. The van der Waals surface area contributed by atoms with Crippen LogP contribution in [-0.2, 0) is 11.8 Å². The van der Waals surface area contributed by atoms with Gasteiger partial charge < -0.3 is 14.4 Å². The molecule has 0 bridgehead atoms. The summed E-state index contributed by atoms with van der Waals surface area (Å²) >= 11 is 0. The zero-order valence-electron chi connectivity index (χ0n) is 21.7. The summed E-state index contributed by atoms with van der Waals surface area (Å²) in [6.45, 7) is 8.98. The van der Waals surface area contributed by atoms with E-state index in [1.807, 2.05) is 59.1 Å². The SMILES string of the molecule is COc1c(-c2ncc3nc(C4CCN(C(=O)OC(C)(C)C)CC4)ccc3n2)cc2cn(C)nc2c1C. The van der Waals surface area contributed by atoms with Crippen LogP contribution in [0.3, 0.4) is 0 Å². The normalized spacial score (nSPS) is 15.0. The number of ether oxygens (including phenoxy) is 2. The summed E-state index contributed by atoms with van der Waals surface area (Å²) in [5, 5.41) is 5.56. The van der Waals surface area contributed by atoms with Crippen molar-refractivity contribution in [3.8, 4) is 17.1 Å². The van der Waals surface area contributed by atoms with E-state index in [2.05, 4.69) is 10.1 Å². The summed E-state index contributed by atoms with van der Waals surface area (Å²) in [6.07, 6.45) is 5.20. The third-order valence-electron chi connectivity index (χ3n) is 6.57. The number of aryl methyl sites for hydroxylation is 2. The molecule has 1 amide bonds. The van der Waals surface area contributed by atoms with Gasteiger partial charge in [-0.1, -0.05) is 0 Å². The number of amides is 1. The maximum absolute atomic E-state index is 12.4. The second-order valence-electron chi connectivity index (χ2n) is 10.4. The molecule has 1 fully saturated rings. The molecule has 1 aromatic carbocycles. The third kappa shape index (κ3) is 4.57. The number of benzene rings is 1. The Balaban J connectivity index is 1.38. The number of carbonyl (C=O) groups excluding carboxylic acids is 1. The minimum atomic E-state index is -0.487. The average molecular weight is 489 g/mol. The van der Waals surface area contributed by atoms with Gasteiger partial charge in [0.2, 0.25) is 0 Å². The van der Waals surface area contributed by atoms with Gasteiger partial charge in [0, 0.05) is 48.9 Å². The molecule has 0 radical (unpaired) electrons. The minimum absolute atomic E-state index is 0.247. The lowest BCUT2D eigenvalue weighted by Gasteiger charge is -2.33. The molecule has 0 atom stereocenters. The van der Waals surface area contributed by atoms with Gasteiger partial charge in [-0.15, -0.1) is 0 Å². The highest BCUT2D eigenvalue weighted by Crippen LogP contribution is 2.36. The average Bonchev–Trinajstić information content (AvgIpc) is 3.23. The maximum atomic E-state index is 12.4. The van der Waals surface area contributed by atoms with E-state index >= 15 is 0 Å². The Labute approximate surface area is 210 Å². The quantitative estimate of drug-likeness (QED) is 0.400. The Morgan fingerprint density at radius 1 is 1.11 bits per heavy atom. The largest absolute Gasteiger partial charge is 0.496 e. The molecule has 0 spiro atoms. The summed E-state index contributed by atoms with van der Waals surface area (Å²) in [4.78, 5) is 28.5. The van der Waals surface area contributed by atoms with Crippen molar-refractivity contribution < 1.29 is 14.3 Å². The van der Waals surface area contributed by atoms with Crippen LogP contribution >= 0.6 is 0 Å². The topological polar surface area (TPSA) is 95.3 Å². The van der Waals surface area contributed by atoms with Crippen LogP contribution in [0, 0.1) is 6.92 Å². The number of nitrogens with zero attached hydrogens (tertiary/aromatic N) is 6. The molecule has 3 aromatic heterocycles. The zero-order chi connectivity index (χ0) is 25.6. The van der Waals surface area contributed by atoms with Gasteiger partial charge in [-0.2, -0.15) is 5.10 Å². The second kappa shape index (κ2) is 9.04. The second-order valence-corrected chi connectivity index (χ2v) is 10.4. The molecular weight excluding hydrogens is 456 g/mol. The molecule has 0 unspecified atom stereocenters. The van der Waals surface area contributed by atoms with Crippen LogP contribution in [0.2, 0.25) is 0 Å². The van der Waals surface area contributed by atoms with Gasteiger partial charge in [0.05, 0.1) is 29.9 Å². The van der Waals surface area contributed by atoms with Crippen LogP contribution in [0.5, 0.6) is 5.75 Å². The van der Waals surface area contributed by atoms with E-state index in [4.69, 9.17) is 19.4 Å². The van der Waals surface area contributed by atoms with E-state index < -0.39 is 5.60 Å². The van der Waals surface area contributed by atoms with Gasteiger partial charge in [0.1, 0.15) is 16.9 Å². The highest BCUT2D eigenvalue weighted by atomic mass is 16.6. The smallest absolute Gasteiger partial charge is 0.410 e. The van der Waals surface area contributed by atoms with Crippen LogP contribution < -0.4 is 4.74 Å². The van der Waals surface area contributed by atoms with Crippen LogP contribution in [0.15, 0.2) is 30.6 Å². The number of fused-ring (bicyclic) bond motifs is 2. The minimum Gasteiger partial charge on any atom is -0.496 e. The molecule has 9 nitrogen and oxygen atoms in total. The molecule has 0 N–H and O–H groups in total. The number of likely N-dealkylation sites (tertiary alicyclic amines) is 1. The standard InChI is InChI=1S/C27H32N6O3/c1-16-23-18(15-32(5)31-23)13-19(24(16)35-6)25-28-14-22-21(30-25)8-7-20(29-22)17-9-11-33(12-10-17)26(34)36-27(2,3)4/h7-8,13-15,17H,9-12H2,1-6H3. The molecule has 0 aliphatic carbocycles. The molecule has 4 aromatic rings. The van der Waals surface area contributed by atoms with Crippen molar-refractivity contribution >= 4 is 28.0 Å². The van der Waals surface area contributed by atoms with E-state index in [0.29, 0.717) is 18.9 Å². The molecule has 188 valence electrons. The number of hydrogen-bond acceptors (Lipinski definition) is 7. The van der Waals surface area contributed by atoms with Crippen LogP contribution in [0.25, 0.3) is 33.3 Å². The molecule has 1 saturated heterocycles. The molecular formula is C27H32N6O3. The van der Waals surface area contributed by atoms with Crippen LogP contribution in [-0.4, -0.2) is 61.5 Å². The summed E-state index contributed by atoms with van der Waals surface area (Å²) in [5.74, 6) is 1.60. The number of hydrogen-bond donors (Lipinski definition) is 0.